The van der Waals surface area contributed by atoms with E-state index in [2.05, 4.69) is 10.6 Å². The number of carbonyl (C=O) groups excluding carboxylic acids is 1. The molecule has 1 amide bonds. The molecule has 0 aromatic heterocycles. The van der Waals surface area contributed by atoms with Gasteiger partial charge in [0, 0.05) is 38.3 Å². The van der Waals surface area contributed by atoms with Crippen LogP contribution in [0.15, 0.2) is 24.3 Å². The lowest BCUT2D eigenvalue weighted by atomic mass is 10.0. The minimum Gasteiger partial charge on any atom is -0.387 e. The normalized spacial score (nSPS) is 24.9. The molecule has 1 atom stereocenters. The second-order valence-electron chi connectivity index (χ2n) is 6.45. The maximum absolute atomic E-state index is 12.3. The van der Waals surface area contributed by atoms with Crippen LogP contribution in [0, 0.1) is 0 Å². The molecule has 0 aliphatic carbocycles. The molecule has 0 radical (unpaired) electrons. The van der Waals surface area contributed by atoms with Crippen LogP contribution < -0.4 is 10.6 Å². The molecule has 120 valence electrons. The van der Waals surface area contributed by atoms with Crippen molar-refractivity contribution >= 4 is 5.91 Å². The van der Waals surface area contributed by atoms with Crippen LogP contribution >= 0.6 is 0 Å². The van der Waals surface area contributed by atoms with Crippen molar-refractivity contribution in [2.45, 2.75) is 31.4 Å². The molecule has 0 unspecified atom stereocenters. The quantitative estimate of drug-likeness (QED) is 0.750. The first kappa shape index (κ1) is 15.5. The van der Waals surface area contributed by atoms with Gasteiger partial charge >= 0.3 is 0 Å². The zero-order valence-corrected chi connectivity index (χ0v) is 13.0. The largest absolute Gasteiger partial charge is 0.387 e. The fraction of sp³-hybridized carbons (Fsp3) is 0.588. The molecule has 2 aliphatic rings. The molecule has 2 fully saturated rings. The van der Waals surface area contributed by atoms with Crippen LogP contribution in [0.3, 0.4) is 0 Å². The molecular formula is C17H25N3O2. The van der Waals surface area contributed by atoms with Crippen molar-refractivity contribution in [3.8, 4) is 0 Å². The van der Waals surface area contributed by atoms with Crippen molar-refractivity contribution in [2.75, 3.05) is 32.7 Å². The van der Waals surface area contributed by atoms with Gasteiger partial charge in [0.2, 0.25) is 0 Å². The first-order chi connectivity index (χ1) is 10.7. The maximum atomic E-state index is 12.3. The molecule has 0 spiro atoms. The number of hydrogen-bond donors (Lipinski definition) is 3. The highest BCUT2D eigenvalue weighted by molar-refractivity contribution is 5.94. The summed E-state index contributed by atoms with van der Waals surface area (Å²) >= 11 is 0. The van der Waals surface area contributed by atoms with Crippen molar-refractivity contribution in [3.05, 3.63) is 35.4 Å². The van der Waals surface area contributed by atoms with Gasteiger partial charge in [0.05, 0.1) is 5.60 Å². The average Bonchev–Trinajstić information content (AvgIpc) is 3.19. The maximum Gasteiger partial charge on any atom is 0.253 e. The fourth-order valence-corrected chi connectivity index (χ4v) is 3.19. The van der Waals surface area contributed by atoms with Crippen molar-refractivity contribution < 1.29 is 9.90 Å². The Balaban J connectivity index is 1.49. The van der Waals surface area contributed by atoms with Gasteiger partial charge in [-0.05, 0) is 43.5 Å². The minimum absolute atomic E-state index is 0.142. The van der Waals surface area contributed by atoms with Crippen molar-refractivity contribution in [3.63, 3.8) is 0 Å². The highest BCUT2D eigenvalue weighted by atomic mass is 16.3. The molecule has 1 aromatic rings. The lowest BCUT2D eigenvalue weighted by molar-refractivity contribution is 0.0609. The smallest absolute Gasteiger partial charge is 0.253 e. The lowest BCUT2D eigenvalue weighted by Gasteiger charge is -2.21. The minimum atomic E-state index is -0.619. The zero-order valence-electron chi connectivity index (χ0n) is 13.0. The Morgan fingerprint density at radius 3 is 2.64 bits per heavy atom. The summed E-state index contributed by atoms with van der Waals surface area (Å²) in [7, 11) is 0. The number of β-amino-alcohol motifs (C(OH)–C–C–N with tert-alkyl or cyclic N) is 1. The molecule has 2 heterocycles. The molecular weight excluding hydrogens is 278 g/mol. The predicted molar refractivity (Wildman–Crippen MR) is 85.7 cm³/mol. The van der Waals surface area contributed by atoms with Crippen LogP contribution in [-0.4, -0.2) is 54.2 Å². The lowest BCUT2D eigenvalue weighted by Crippen LogP contribution is -2.42. The molecule has 0 saturated carbocycles. The summed E-state index contributed by atoms with van der Waals surface area (Å²) in [5, 5.41) is 16.7. The van der Waals surface area contributed by atoms with Crippen molar-refractivity contribution in [2.24, 2.45) is 0 Å². The van der Waals surface area contributed by atoms with E-state index in [0.717, 1.165) is 50.0 Å². The van der Waals surface area contributed by atoms with Gasteiger partial charge in [-0.3, -0.25) is 4.79 Å². The Labute approximate surface area is 131 Å². The standard InChI is InChI=1S/C17H25N3O2/c21-16(20-9-1-2-10-20)15-5-3-14(4-6-15)11-19-13-17(22)7-8-18-12-17/h3-6,18-19,22H,1-2,7-13H2/t17-/m0/s1. The van der Waals surface area contributed by atoms with Crippen molar-refractivity contribution in [1.29, 1.82) is 0 Å². The number of likely N-dealkylation sites (tertiary alicyclic amines) is 1. The summed E-state index contributed by atoms with van der Waals surface area (Å²) in [6.07, 6.45) is 3.03. The van der Waals surface area contributed by atoms with Crippen LogP contribution in [0.5, 0.6) is 0 Å². The van der Waals surface area contributed by atoms with Crippen LogP contribution in [0.25, 0.3) is 0 Å². The molecule has 3 N–H and O–H groups in total. The van der Waals surface area contributed by atoms with Gasteiger partial charge in [0.1, 0.15) is 0 Å². The van der Waals surface area contributed by atoms with Crippen LogP contribution in [0.1, 0.15) is 35.2 Å². The molecule has 5 heteroatoms. The van der Waals surface area contributed by atoms with Crippen LogP contribution in [-0.2, 0) is 6.54 Å². The van der Waals surface area contributed by atoms with E-state index in [0.29, 0.717) is 19.6 Å². The fourth-order valence-electron chi connectivity index (χ4n) is 3.19. The van der Waals surface area contributed by atoms with Gasteiger partial charge in [-0.25, -0.2) is 0 Å². The molecule has 1 aromatic carbocycles. The molecule has 2 saturated heterocycles. The Kier molecular flexibility index (Phi) is 4.76. The third-order valence-corrected chi connectivity index (χ3v) is 4.60. The number of rotatable bonds is 5. The van der Waals surface area contributed by atoms with Gasteiger partial charge < -0.3 is 20.6 Å². The first-order valence-electron chi connectivity index (χ1n) is 8.18. The summed E-state index contributed by atoms with van der Waals surface area (Å²) in [4.78, 5) is 14.2. The van der Waals surface area contributed by atoms with E-state index in [-0.39, 0.29) is 5.91 Å². The number of nitrogens with zero attached hydrogens (tertiary/aromatic N) is 1. The number of nitrogens with one attached hydrogen (secondary N) is 2. The van der Waals surface area contributed by atoms with E-state index < -0.39 is 5.60 Å². The number of carbonyl (C=O) groups is 1. The monoisotopic (exact) mass is 303 g/mol. The highest BCUT2D eigenvalue weighted by Crippen LogP contribution is 2.15. The van der Waals surface area contributed by atoms with E-state index in [4.69, 9.17) is 0 Å². The number of amides is 1. The van der Waals surface area contributed by atoms with Crippen molar-refractivity contribution in [1.82, 2.24) is 15.5 Å². The summed E-state index contributed by atoms with van der Waals surface area (Å²) in [6.45, 7) is 4.60. The third-order valence-electron chi connectivity index (χ3n) is 4.60. The van der Waals surface area contributed by atoms with E-state index in [1.807, 2.05) is 29.2 Å². The molecule has 22 heavy (non-hydrogen) atoms. The summed E-state index contributed by atoms with van der Waals surface area (Å²) < 4.78 is 0. The summed E-state index contributed by atoms with van der Waals surface area (Å²) in [5.41, 5.74) is 1.28. The van der Waals surface area contributed by atoms with Crippen LogP contribution in [0.4, 0.5) is 0 Å². The Morgan fingerprint density at radius 2 is 2.00 bits per heavy atom. The highest BCUT2D eigenvalue weighted by Gasteiger charge is 2.30. The SMILES string of the molecule is O=C(c1ccc(CNC[C@]2(O)CCNC2)cc1)N1CCCC1. The second-order valence-corrected chi connectivity index (χ2v) is 6.45. The molecule has 3 rings (SSSR count). The summed E-state index contributed by atoms with van der Waals surface area (Å²) in [6, 6.07) is 7.80. The Bertz CT molecular complexity index is 503. The molecule has 5 nitrogen and oxygen atoms in total. The number of hydrogen-bond acceptors (Lipinski definition) is 4. The molecule has 2 aliphatic heterocycles. The Morgan fingerprint density at radius 1 is 1.27 bits per heavy atom. The second kappa shape index (κ2) is 6.77. The molecule has 0 bridgehead atoms. The van der Waals surface area contributed by atoms with Gasteiger partial charge in [-0.15, -0.1) is 0 Å². The van der Waals surface area contributed by atoms with E-state index in [9.17, 15) is 9.90 Å². The topological polar surface area (TPSA) is 64.6 Å². The van der Waals surface area contributed by atoms with Gasteiger partial charge in [-0.2, -0.15) is 0 Å². The number of aliphatic hydroxyl groups is 1. The average molecular weight is 303 g/mol. The first-order valence-corrected chi connectivity index (χ1v) is 8.18. The van der Waals surface area contributed by atoms with E-state index in [1.54, 1.807) is 0 Å². The summed E-state index contributed by atoms with van der Waals surface area (Å²) in [5.74, 6) is 0.142. The third kappa shape index (κ3) is 3.66. The Hall–Kier alpha value is -1.43. The van der Waals surface area contributed by atoms with Crippen LogP contribution in [0.2, 0.25) is 0 Å². The van der Waals surface area contributed by atoms with Gasteiger partial charge in [0.15, 0.2) is 0 Å². The van der Waals surface area contributed by atoms with Gasteiger partial charge in [0.25, 0.3) is 5.91 Å². The number of benzene rings is 1. The predicted octanol–water partition coefficient (Wildman–Crippen LogP) is 0.737. The zero-order chi connectivity index (χ0) is 15.4. The van der Waals surface area contributed by atoms with E-state index >= 15 is 0 Å². The van der Waals surface area contributed by atoms with E-state index in [1.165, 1.54) is 0 Å². The van der Waals surface area contributed by atoms with Gasteiger partial charge in [-0.1, -0.05) is 12.1 Å².